The Kier molecular flexibility index (Phi) is 3.47. The summed E-state index contributed by atoms with van der Waals surface area (Å²) < 4.78 is 3.23. The minimum absolute atomic E-state index is 0.104. The van der Waals surface area contributed by atoms with Gasteiger partial charge < -0.3 is 0 Å². The molecule has 0 amide bonds. The van der Waals surface area contributed by atoms with Crippen molar-refractivity contribution >= 4 is 44.0 Å². The van der Waals surface area contributed by atoms with Crippen molar-refractivity contribution in [1.82, 2.24) is 14.6 Å². The number of benzene rings is 2. The van der Waals surface area contributed by atoms with Gasteiger partial charge in [-0.2, -0.15) is 0 Å². The maximum atomic E-state index is 10.7. The summed E-state index contributed by atoms with van der Waals surface area (Å²) in [5.41, 5.74) is 2.22. The van der Waals surface area contributed by atoms with E-state index in [9.17, 15) is 10.1 Å². The van der Waals surface area contributed by atoms with E-state index in [-0.39, 0.29) is 5.69 Å². The second-order valence-electron chi connectivity index (χ2n) is 4.88. The summed E-state index contributed by atoms with van der Waals surface area (Å²) in [5.74, 6) is 0.683. The molecule has 0 radical (unpaired) electrons. The van der Waals surface area contributed by atoms with Crippen molar-refractivity contribution in [3.8, 4) is 0 Å². The van der Waals surface area contributed by atoms with Gasteiger partial charge in [0.2, 0.25) is 4.96 Å². The Bertz CT molecular complexity index is 1010. The van der Waals surface area contributed by atoms with Crippen molar-refractivity contribution in [2.45, 2.75) is 10.9 Å². The first-order valence-electron chi connectivity index (χ1n) is 6.81. The number of thiazole rings is 1. The summed E-state index contributed by atoms with van der Waals surface area (Å²) in [4.78, 5) is 11.2. The third kappa shape index (κ3) is 2.55. The lowest BCUT2D eigenvalue weighted by Crippen LogP contribution is -1.89. The van der Waals surface area contributed by atoms with E-state index in [1.165, 1.54) is 16.8 Å². The number of nitrogens with zero attached hydrogens (tertiary/aromatic N) is 4. The number of non-ortho nitro benzene ring substituents is 1. The molecule has 0 atom stereocenters. The van der Waals surface area contributed by atoms with E-state index in [2.05, 4.69) is 26.7 Å². The number of hydrogen-bond acceptors (Lipinski definition) is 6. The number of nitro benzene ring substituents is 1. The second kappa shape index (κ2) is 5.64. The van der Waals surface area contributed by atoms with Crippen molar-refractivity contribution < 1.29 is 4.92 Å². The minimum atomic E-state index is -0.392. The van der Waals surface area contributed by atoms with Crippen molar-refractivity contribution in [3.63, 3.8) is 0 Å². The lowest BCUT2D eigenvalue weighted by atomic mass is 10.2. The van der Waals surface area contributed by atoms with Crippen LogP contribution in [0, 0.1) is 10.1 Å². The first kappa shape index (κ1) is 14.2. The third-order valence-electron chi connectivity index (χ3n) is 3.43. The molecule has 6 nitrogen and oxygen atoms in total. The first-order valence-corrected chi connectivity index (χ1v) is 8.61. The molecule has 8 heteroatoms. The fraction of sp³-hybridized carbons (Fsp3) is 0.0667. The quantitative estimate of drug-likeness (QED) is 0.316. The fourth-order valence-corrected chi connectivity index (χ4v) is 4.23. The normalized spacial score (nSPS) is 11.3. The highest BCUT2D eigenvalue weighted by Crippen LogP contribution is 2.30. The molecule has 4 aromatic rings. The van der Waals surface area contributed by atoms with E-state index in [1.54, 1.807) is 35.2 Å². The molecule has 114 valence electrons. The van der Waals surface area contributed by atoms with Gasteiger partial charge in [-0.05, 0) is 17.7 Å². The van der Waals surface area contributed by atoms with Crippen molar-refractivity contribution in [3.05, 3.63) is 64.2 Å². The Labute approximate surface area is 138 Å². The molecule has 0 aliphatic rings. The Balaban J connectivity index is 1.61. The molecule has 2 aromatic heterocycles. The molecule has 0 fully saturated rings. The van der Waals surface area contributed by atoms with Crippen LogP contribution in [-0.4, -0.2) is 19.5 Å². The molecule has 0 aliphatic carbocycles. The predicted molar refractivity (Wildman–Crippen MR) is 91.0 cm³/mol. The van der Waals surface area contributed by atoms with E-state index in [1.807, 2.05) is 12.1 Å². The smallest absolute Gasteiger partial charge is 0.260 e. The molecule has 0 unspecified atom stereocenters. The molecule has 23 heavy (non-hydrogen) atoms. The average Bonchev–Trinajstić information content (AvgIpc) is 3.12. The minimum Gasteiger partial charge on any atom is -0.260 e. The zero-order valence-electron chi connectivity index (χ0n) is 11.7. The summed E-state index contributed by atoms with van der Waals surface area (Å²) in [5, 5.41) is 20.0. The van der Waals surface area contributed by atoms with Crippen LogP contribution < -0.4 is 0 Å². The Hall–Kier alpha value is -2.45. The molecule has 4 rings (SSSR count). The zero-order valence-corrected chi connectivity index (χ0v) is 13.4. The van der Waals surface area contributed by atoms with Gasteiger partial charge in [-0.3, -0.25) is 14.5 Å². The van der Waals surface area contributed by atoms with Crippen LogP contribution in [0.1, 0.15) is 5.56 Å². The van der Waals surface area contributed by atoms with Crippen LogP contribution in [0.4, 0.5) is 5.69 Å². The monoisotopic (exact) mass is 342 g/mol. The van der Waals surface area contributed by atoms with Crippen LogP contribution >= 0.6 is 23.1 Å². The van der Waals surface area contributed by atoms with Crippen LogP contribution in [0.3, 0.4) is 0 Å². The maximum absolute atomic E-state index is 10.7. The topological polar surface area (TPSA) is 73.3 Å². The van der Waals surface area contributed by atoms with Gasteiger partial charge in [0.1, 0.15) is 0 Å². The van der Waals surface area contributed by atoms with E-state index < -0.39 is 4.92 Å². The summed E-state index contributed by atoms with van der Waals surface area (Å²) >= 11 is 3.18. The van der Waals surface area contributed by atoms with Crippen molar-refractivity contribution in [1.29, 1.82) is 0 Å². The van der Waals surface area contributed by atoms with Crippen LogP contribution in [0.15, 0.2) is 53.7 Å². The Morgan fingerprint density at radius 2 is 1.91 bits per heavy atom. The Morgan fingerprint density at radius 3 is 2.70 bits per heavy atom. The van der Waals surface area contributed by atoms with Gasteiger partial charge in [0.05, 0.1) is 15.1 Å². The van der Waals surface area contributed by atoms with E-state index >= 15 is 0 Å². The lowest BCUT2D eigenvalue weighted by Gasteiger charge is -2.00. The summed E-state index contributed by atoms with van der Waals surface area (Å²) in [6, 6.07) is 14.7. The SMILES string of the molecule is O=[N+]([O-])c1ccc(CSc2nnc3sc4ccccc4n23)cc1. The van der Waals surface area contributed by atoms with Gasteiger partial charge in [-0.1, -0.05) is 47.4 Å². The van der Waals surface area contributed by atoms with E-state index in [4.69, 9.17) is 0 Å². The molecule has 0 aliphatic heterocycles. The maximum Gasteiger partial charge on any atom is 0.269 e. The highest BCUT2D eigenvalue weighted by molar-refractivity contribution is 7.98. The Morgan fingerprint density at radius 1 is 1.13 bits per heavy atom. The lowest BCUT2D eigenvalue weighted by molar-refractivity contribution is -0.384. The predicted octanol–water partition coefficient (Wildman–Crippen LogP) is 4.14. The molecule has 0 saturated heterocycles. The number of thioether (sulfide) groups is 1. The van der Waals surface area contributed by atoms with Crippen LogP contribution in [0.25, 0.3) is 15.2 Å². The van der Waals surface area contributed by atoms with Crippen LogP contribution in [0.5, 0.6) is 0 Å². The van der Waals surface area contributed by atoms with E-state index in [0.717, 1.165) is 21.2 Å². The summed E-state index contributed by atoms with van der Waals surface area (Å²) in [7, 11) is 0. The van der Waals surface area contributed by atoms with Gasteiger partial charge in [0.15, 0.2) is 5.16 Å². The number of rotatable bonds is 4. The van der Waals surface area contributed by atoms with E-state index in [0.29, 0.717) is 5.75 Å². The molecule has 0 N–H and O–H groups in total. The molecule has 0 saturated carbocycles. The second-order valence-corrected chi connectivity index (χ2v) is 6.83. The van der Waals surface area contributed by atoms with Crippen LogP contribution in [-0.2, 0) is 5.75 Å². The van der Waals surface area contributed by atoms with Gasteiger partial charge in [0, 0.05) is 17.9 Å². The molecule has 0 bridgehead atoms. The van der Waals surface area contributed by atoms with Gasteiger partial charge >= 0.3 is 0 Å². The summed E-state index contributed by atoms with van der Waals surface area (Å²) in [6.07, 6.45) is 0. The zero-order chi connectivity index (χ0) is 15.8. The highest BCUT2D eigenvalue weighted by Gasteiger charge is 2.12. The molecule has 2 heterocycles. The largest absolute Gasteiger partial charge is 0.269 e. The average molecular weight is 342 g/mol. The van der Waals surface area contributed by atoms with Gasteiger partial charge in [-0.15, -0.1) is 10.2 Å². The number of fused-ring (bicyclic) bond motifs is 3. The molecule has 2 aromatic carbocycles. The van der Waals surface area contributed by atoms with Gasteiger partial charge in [0.25, 0.3) is 5.69 Å². The van der Waals surface area contributed by atoms with Crippen molar-refractivity contribution in [2.24, 2.45) is 0 Å². The fourth-order valence-electron chi connectivity index (χ4n) is 2.31. The van der Waals surface area contributed by atoms with Crippen molar-refractivity contribution in [2.75, 3.05) is 0 Å². The standard InChI is InChI=1S/C15H10N4O2S2/c20-19(21)11-7-5-10(6-8-11)9-22-14-16-17-15-18(14)12-3-1-2-4-13(12)23-15/h1-8H,9H2. The third-order valence-corrected chi connectivity index (χ3v) is 5.44. The van der Waals surface area contributed by atoms with Gasteiger partial charge in [-0.25, -0.2) is 0 Å². The molecular formula is C15H10N4O2S2. The first-order chi connectivity index (χ1) is 11.2. The summed E-state index contributed by atoms with van der Waals surface area (Å²) in [6.45, 7) is 0. The number of para-hydroxylation sites is 1. The molecular weight excluding hydrogens is 332 g/mol. The number of aromatic nitrogens is 3. The van der Waals surface area contributed by atoms with Crippen LogP contribution in [0.2, 0.25) is 0 Å². The number of hydrogen-bond donors (Lipinski definition) is 0. The molecule has 0 spiro atoms. The number of nitro groups is 1. The highest BCUT2D eigenvalue weighted by atomic mass is 32.2.